The lowest BCUT2D eigenvalue weighted by Gasteiger charge is -2.11. The van der Waals surface area contributed by atoms with Gasteiger partial charge in [0.25, 0.3) is 11.5 Å². The van der Waals surface area contributed by atoms with E-state index in [0.29, 0.717) is 5.69 Å². The molecule has 1 aromatic carbocycles. The van der Waals surface area contributed by atoms with Gasteiger partial charge in [-0.2, -0.15) is 0 Å². The molecule has 0 saturated heterocycles. The second-order valence-corrected chi connectivity index (χ2v) is 5.88. The lowest BCUT2D eigenvalue weighted by molar-refractivity contribution is 0.0942. The SMILES string of the molecule is Cc1ccc(CNC(=O)c2nc(-c3ccccn3)n(C)c(=O)c2O)cc1. The molecule has 0 aliphatic carbocycles. The zero-order valence-corrected chi connectivity index (χ0v) is 14.4. The number of aromatic hydroxyl groups is 1. The summed E-state index contributed by atoms with van der Waals surface area (Å²) in [6.45, 7) is 2.23. The summed E-state index contributed by atoms with van der Waals surface area (Å²) in [5.41, 5.74) is 1.42. The Kier molecular flexibility index (Phi) is 4.79. The first-order valence-corrected chi connectivity index (χ1v) is 8.02. The molecule has 132 valence electrons. The molecule has 0 aliphatic heterocycles. The Labute approximate surface area is 150 Å². The van der Waals surface area contributed by atoms with Crippen LogP contribution in [-0.4, -0.2) is 25.5 Å². The fourth-order valence-corrected chi connectivity index (χ4v) is 2.44. The Balaban J connectivity index is 1.91. The van der Waals surface area contributed by atoms with Crippen LogP contribution in [0, 0.1) is 6.92 Å². The molecule has 0 saturated carbocycles. The third-order valence-electron chi connectivity index (χ3n) is 3.95. The van der Waals surface area contributed by atoms with E-state index in [9.17, 15) is 14.7 Å². The van der Waals surface area contributed by atoms with E-state index in [0.717, 1.165) is 15.7 Å². The van der Waals surface area contributed by atoms with Crippen molar-refractivity contribution in [3.8, 4) is 17.3 Å². The number of amides is 1. The van der Waals surface area contributed by atoms with Crippen molar-refractivity contribution in [3.63, 3.8) is 0 Å². The van der Waals surface area contributed by atoms with Crippen molar-refractivity contribution in [2.24, 2.45) is 7.05 Å². The van der Waals surface area contributed by atoms with Crippen molar-refractivity contribution in [3.05, 3.63) is 75.8 Å². The second kappa shape index (κ2) is 7.18. The number of aromatic nitrogens is 3. The Morgan fingerprint density at radius 1 is 1.19 bits per heavy atom. The molecule has 2 N–H and O–H groups in total. The number of benzene rings is 1. The lowest BCUT2D eigenvalue weighted by Crippen LogP contribution is -2.29. The molecule has 3 aromatic rings. The highest BCUT2D eigenvalue weighted by Crippen LogP contribution is 2.17. The van der Waals surface area contributed by atoms with Gasteiger partial charge >= 0.3 is 0 Å². The molecule has 7 nitrogen and oxygen atoms in total. The number of hydrogen-bond acceptors (Lipinski definition) is 5. The van der Waals surface area contributed by atoms with Crippen LogP contribution in [0.1, 0.15) is 21.6 Å². The second-order valence-electron chi connectivity index (χ2n) is 5.88. The Hall–Kier alpha value is -3.48. The van der Waals surface area contributed by atoms with Gasteiger partial charge in [0.1, 0.15) is 5.69 Å². The summed E-state index contributed by atoms with van der Waals surface area (Å²) in [4.78, 5) is 33.0. The number of nitrogens with one attached hydrogen (secondary N) is 1. The van der Waals surface area contributed by atoms with Crippen LogP contribution in [0.25, 0.3) is 11.5 Å². The van der Waals surface area contributed by atoms with E-state index in [-0.39, 0.29) is 18.1 Å². The molecule has 7 heteroatoms. The van der Waals surface area contributed by atoms with Crippen LogP contribution in [0.4, 0.5) is 0 Å². The van der Waals surface area contributed by atoms with Crippen LogP contribution in [-0.2, 0) is 13.6 Å². The number of rotatable bonds is 4. The molecule has 0 radical (unpaired) electrons. The third kappa shape index (κ3) is 3.46. The van der Waals surface area contributed by atoms with E-state index in [1.54, 1.807) is 24.4 Å². The molecule has 1 amide bonds. The quantitative estimate of drug-likeness (QED) is 0.748. The summed E-state index contributed by atoms with van der Waals surface area (Å²) in [6, 6.07) is 12.8. The summed E-state index contributed by atoms with van der Waals surface area (Å²) in [6.07, 6.45) is 1.56. The first-order chi connectivity index (χ1) is 12.5. The average Bonchev–Trinajstić information content (AvgIpc) is 2.66. The van der Waals surface area contributed by atoms with Gasteiger partial charge in [-0.1, -0.05) is 35.9 Å². The molecular formula is C19H18N4O3. The molecule has 0 atom stereocenters. The molecule has 26 heavy (non-hydrogen) atoms. The molecule has 0 fully saturated rings. The summed E-state index contributed by atoms with van der Waals surface area (Å²) in [7, 11) is 1.47. The van der Waals surface area contributed by atoms with Crippen LogP contribution in [0.3, 0.4) is 0 Å². The average molecular weight is 350 g/mol. The summed E-state index contributed by atoms with van der Waals surface area (Å²) < 4.78 is 1.16. The van der Waals surface area contributed by atoms with Crippen molar-refractivity contribution in [2.75, 3.05) is 0 Å². The number of carbonyl (C=O) groups excluding carboxylic acids is 1. The maximum atomic E-state index is 12.5. The van der Waals surface area contributed by atoms with Gasteiger partial charge in [-0.3, -0.25) is 19.1 Å². The van der Waals surface area contributed by atoms with Crippen LogP contribution >= 0.6 is 0 Å². The minimum atomic E-state index is -0.707. The Morgan fingerprint density at radius 2 is 1.92 bits per heavy atom. The van der Waals surface area contributed by atoms with Gasteiger partial charge in [0.15, 0.2) is 11.5 Å². The van der Waals surface area contributed by atoms with E-state index in [2.05, 4.69) is 15.3 Å². The highest BCUT2D eigenvalue weighted by Gasteiger charge is 2.21. The highest BCUT2D eigenvalue weighted by molar-refractivity contribution is 5.95. The summed E-state index contributed by atoms with van der Waals surface area (Å²) in [5.74, 6) is -1.11. The molecule has 0 unspecified atom stereocenters. The first kappa shape index (κ1) is 17.3. The molecule has 0 aliphatic rings. The lowest BCUT2D eigenvalue weighted by atomic mass is 10.1. The van der Waals surface area contributed by atoms with E-state index >= 15 is 0 Å². The zero-order valence-electron chi connectivity index (χ0n) is 14.4. The fourth-order valence-electron chi connectivity index (χ4n) is 2.44. The van der Waals surface area contributed by atoms with Crippen LogP contribution < -0.4 is 10.9 Å². The predicted molar refractivity (Wildman–Crippen MR) is 96.7 cm³/mol. The standard InChI is InChI=1S/C19H18N4O3/c1-12-6-8-13(9-7-12)11-21-18(25)15-16(24)19(26)23(2)17(22-15)14-5-3-4-10-20-14/h3-10,24H,11H2,1-2H3,(H,21,25). The van der Waals surface area contributed by atoms with Crippen molar-refractivity contribution in [1.82, 2.24) is 19.9 Å². The fraction of sp³-hybridized carbons (Fsp3) is 0.158. The molecule has 2 aromatic heterocycles. The smallest absolute Gasteiger partial charge is 0.296 e. The van der Waals surface area contributed by atoms with E-state index in [4.69, 9.17) is 0 Å². The van der Waals surface area contributed by atoms with E-state index < -0.39 is 17.2 Å². The minimum Gasteiger partial charge on any atom is -0.501 e. The molecular weight excluding hydrogens is 332 g/mol. The number of carbonyl (C=O) groups is 1. The van der Waals surface area contributed by atoms with Crippen LogP contribution in [0.15, 0.2) is 53.5 Å². The summed E-state index contributed by atoms with van der Waals surface area (Å²) in [5, 5.41) is 12.7. The maximum Gasteiger partial charge on any atom is 0.296 e. The van der Waals surface area contributed by atoms with E-state index in [1.165, 1.54) is 7.05 Å². The van der Waals surface area contributed by atoms with Crippen molar-refractivity contribution >= 4 is 5.91 Å². The van der Waals surface area contributed by atoms with Crippen LogP contribution in [0.2, 0.25) is 0 Å². The topological polar surface area (TPSA) is 97.1 Å². The predicted octanol–water partition coefficient (Wildman–Crippen LogP) is 1.79. The number of pyridine rings is 1. The van der Waals surface area contributed by atoms with Crippen molar-refractivity contribution in [1.29, 1.82) is 0 Å². The maximum absolute atomic E-state index is 12.5. The number of hydrogen-bond donors (Lipinski definition) is 2. The third-order valence-corrected chi connectivity index (χ3v) is 3.95. The van der Waals surface area contributed by atoms with Gasteiger partial charge in [0, 0.05) is 19.8 Å². The molecule has 0 spiro atoms. The molecule has 0 bridgehead atoms. The van der Waals surface area contributed by atoms with Crippen molar-refractivity contribution in [2.45, 2.75) is 13.5 Å². The Morgan fingerprint density at radius 3 is 2.58 bits per heavy atom. The van der Waals surface area contributed by atoms with E-state index in [1.807, 2.05) is 31.2 Å². The summed E-state index contributed by atoms with van der Waals surface area (Å²) >= 11 is 0. The Bertz CT molecular complexity index is 996. The van der Waals surface area contributed by atoms with Gasteiger partial charge in [-0.05, 0) is 24.6 Å². The minimum absolute atomic E-state index is 0.203. The van der Waals surface area contributed by atoms with Gasteiger partial charge in [0.2, 0.25) is 5.75 Å². The van der Waals surface area contributed by atoms with Crippen LogP contribution in [0.5, 0.6) is 5.75 Å². The number of aryl methyl sites for hydroxylation is 1. The monoisotopic (exact) mass is 350 g/mol. The van der Waals surface area contributed by atoms with Crippen molar-refractivity contribution < 1.29 is 9.90 Å². The normalized spacial score (nSPS) is 10.5. The highest BCUT2D eigenvalue weighted by atomic mass is 16.3. The number of nitrogens with zero attached hydrogens (tertiary/aromatic N) is 3. The van der Waals surface area contributed by atoms with Gasteiger partial charge in [-0.25, -0.2) is 4.98 Å². The zero-order chi connectivity index (χ0) is 18.7. The largest absolute Gasteiger partial charge is 0.501 e. The van der Waals surface area contributed by atoms with Gasteiger partial charge in [-0.15, -0.1) is 0 Å². The molecule has 2 heterocycles. The molecule has 3 rings (SSSR count). The first-order valence-electron chi connectivity index (χ1n) is 8.02. The van der Waals surface area contributed by atoms with Gasteiger partial charge in [0.05, 0.1) is 0 Å². The van der Waals surface area contributed by atoms with Gasteiger partial charge < -0.3 is 10.4 Å².